The van der Waals surface area contributed by atoms with Crippen molar-refractivity contribution >= 4 is 11.0 Å². The normalized spacial score (nSPS) is 10.9. The molecule has 0 radical (unpaired) electrons. The topological polar surface area (TPSA) is 41.6 Å². The van der Waals surface area contributed by atoms with E-state index in [1.54, 1.807) is 0 Å². The number of nitrogens with zero attached hydrogens (tertiary/aromatic N) is 2. The number of H-pyrrole nitrogens is 1. The molecule has 0 amide bonds. The second kappa shape index (κ2) is 4.87. The first-order valence-electron chi connectivity index (χ1n) is 6.86. The zero-order valence-electron chi connectivity index (χ0n) is 11.3. The lowest BCUT2D eigenvalue weighted by Crippen LogP contribution is -1.90. The first-order chi connectivity index (χ1) is 10.4. The molecule has 3 nitrogen and oxygen atoms in total. The number of nitrogens with one attached hydrogen (secondary N) is 1. The Bertz CT molecular complexity index is 881. The number of aromatic amines is 1. The summed E-state index contributed by atoms with van der Waals surface area (Å²) in [6, 6.07) is 20.4. The Morgan fingerprint density at radius 3 is 2.05 bits per heavy atom. The second-order valence-electron chi connectivity index (χ2n) is 4.91. The van der Waals surface area contributed by atoms with Gasteiger partial charge in [-0.1, -0.05) is 30.3 Å². The van der Waals surface area contributed by atoms with Crippen LogP contribution in [0.1, 0.15) is 0 Å². The van der Waals surface area contributed by atoms with E-state index in [4.69, 9.17) is 4.98 Å². The first kappa shape index (κ1) is 11.9. The molecule has 1 N–H and O–H groups in total. The molecule has 3 heteroatoms. The van der Waals surface area contributed by atoms with Crippen LogP contribution in [0.5, 0.6) is 0 Å². The van der Waals surface area contributed by atoms with Crippen LogP contribution < -0.4 is 0 Å². The van der Waals surface area contributed by atoms with Gasteiger partial charge in [-0.3, -0.25) is 0 Å². The molecule has 0 spiro atoms. The molecule has 3 aromatic heterocycles. The van der Waals surface area contributed by atoms with E-state index in [1.165, 1.54) is 0 Å². The second-order valence-corrected chi connectivity index (χ2v) is 4.91. The van der Waals surface area contributed by atoms with Crippen LogP contribution in [0.4, 0.5) is 0 Å². The average molecular weight is 271 g/mol. The maximum Gasteiger partial charge on any atom is 0.160 e. The summed E-state index contributed by atoms with van der Waals surface area (Å²) in [4.78, 5) is 12.4. The molecular formula is C18H13N3. The lowest BCUT2D eigenvalue weighted by molar-refractivity contribution is 1.29. The summed E-state index contributed by atoms with van der Waals surface area (Å²) < 4.78 is 0. The number of pyridine rings is 2. The zero-order chi connectivity index (χ0) is 14.1. The third-order valence-corrected chi connectivity index (χ3v) is 3.52. The molecular weight excluding hydrogens is 258 g/mol. The minimum absolute atomic E-state index is 0.773. The Balaban J connectivity index is 1.86. The number of fused-ring (bicyclic) bond motifs is 1. The molecule has 0 bridgehead atoms. The van der Waals surface area contributed by atoms with Crippen LogP contribution in [0.3, 0.4) is 0 Å². The molecule has 1 aromatic carbocycles. The highest BCUT2D eigenvalue weighted by Gasteiger charge is 2.05. The van der Waals surface area contributed by atoms with Crippen molar-refractivity contribution in [2.75, 3.05) is 0 Å². The summed E-state index contributed by atoms with van der Waals surface area (Å²) in [6.07, 6.45) is 3.84. The highest BCUT2D eigenvalue weighted by molar-refractivity contribution is 5.80. The van der Waals surface area contributed by atoms with Crippen LogP contribution in [0.2, 0.25) is 0 Å². The third kappa shape index (κ3) is 2.19. The van der Waals surface area contributed by atoms with E-state index in [1.807, 2.05) is 48.8 Å². The Kier molecular flexibility index (Phi) is 2.75. The first-order valence-corrected chi connectivity index (χ1v) is 6.86. The van der Waals surface area contributed by atoms with Gasteiger partial charge in [0.25, 0.3) is 0 Å². The van der Waals surface area contributed by atoms with Gasteiger partial charge in [0.1, 0.15) is 0 Å². The lowest BCUT2D eigenvalue weighted by atomic mass is 10.1. The van der Waals surface area contributed by atoms with Gasteiger partial charge in [-0.2, -0.15) is 0 Å². The van der Waals surface area contributed by atoms with Crippen molar-refractivity contribution < 1.29 is 0 Å². The number of rotatable bonds is 2. The van der Waals surface area contributed by atoms with Gasteiger partial charge in [0.15, 0.2) is 5.65 Å². The smallest absolute Gasteiger partial charge is 0.160 e. The minimum atomic E-state index is 0.773. The fraction of sp³-hybridized carbons (Fsp3) is 0. The molecule has 0 aliphatic carbocycles. The summed E-state index contributed by atoms with van der Waals surface area (Å²) >= 11 is 0. The van der Waals surface area contributed by atoms with E-state index in [9.17, 15) is 0 Å². The van der Waals surface area contributed by atoms with Crippen molar-refractivity contribution in [3.63, 3.8) is 0 Å². The van der Waals surface area contributed by atoms with Crippen molar-refractivity contribution in [2.45, 2.75) is 0 Å². The molecule has 0 saturated heterocycles. The molecule has 0 atom stereocenters. The van der Waals surface area contributed by atoms with Gasteiger partial charge in [0.2, 0.25) is 0 Å². The van der Waals surface area contributed by atoms with Crippen molar-refractivity contribution in [2.24, 2.45) is 0 Å². The Morgan fingerprint density at radius 2 is 1.38 bits per heavy atom. The average Bonchev–Trinajstić information content (AvgIpc) is 3.09. The third-order valence-electron chi connectivity index (χ3n) is 3.52. The summed E-state index contributed by atoms with van der Waals surface area (Å²) in [6.45, 7) is 0. The number of hydrogen-bond acceptors (Lipinski definition) is 2. The molecule has 0 aliphatic rings. The predicted molar refractivity (Wildman–Crippen MR) is 84.8 cm³/mol. The number of hydrogen-bond donors (Lipinski definition) is 1. The van der Waals surface area contributed by atoms with Crippen LogP contribution in [-0.2, 0) is 0 Å². The summed E-state index contributed by atoms with van der Waals surface area (Å²) in [5, 5.41) is 1.05. The van der Waals surface area contributed by atoms with Gasteiger partial charge in [-0.05, 0) is 30.3 Å². The maximum atomic E-state index is 4.69. The largest absolute Gasteiger partial charge is 0.367 e. The van der Waals surface area contributed by atoms with Crippen LogP contribution in [-0.4, -0.2) is 15.0 Å². The summed E-state index contributed by atoms with van der Waals surface area (Å²) in [7, 11) is 0. The van der Waals surface area contributed by atoms with Crippen LogP contribution >= 0.6 is 0 Å². The van der Waals surface area contributed by atoms with E-state index >= 15 is 0 Å². The van der Waals surface area contributed by atoms with Crippen LogP contribution in [0.25, 0.3) is 33.5 Å². The van der Waals surface area contributed by atoms with Gasteiger partial charge < -0.3 is 4.98 Å². The number of benzene rings is 1. The molecule has 0 fully saturated rings. The Morgan fingerprint density at radius 1 is 0.667 bits per heavy atom. The Hall–Kier alpha value is -2.94. The monoisotopic (exact) mass is 271 g/mol. The van der Waals surface area contributed by atoms with E-state index < -0.39 is 0 Å². The van der Waals surface area contributed by atoms with Crippen LogP contribution in [0, 0.1) is 0 Å². The Labute approximate surface area is 122 Å². The highest BCUT2D eigenvalue weighted by Crippen LogP contribution is 2.23. The summed E-state index contributed by atoms with van der Waals surface area (Å²) in [5.41, 5.74) is 4.83. The van der Waals surface area contributed by atoms with Gasteiger partial charge in [-0.25, -0.2) is 9.97 Å². The van der Waals surface area contributed by atoms with Crippen molar-refractivity contribution in [3.05, 3.63) is 73.1 Å². The molecule has 4 rings (SSSR count). The SMILES string of the molecule is c1ccc(-c2ccc3ccc(-c4cc[nH]c4)nc3n2)cc1. The van der Waals surface area contributed by atoms with Crippen molar-refractivity contribution in [3.8, 4) is 22.5 Å². The fourth-order valence-electron chi connectivity index (χ4n) is 2.41. The quantitative estimate of drug-likeness (QED) is 0.591. The van der Waals surface area contributed by atoms with Crippen molar-refractivity contribution in [1.82, 2.24) is 15.0 Å². The fourth-order valence-corrected chi connectivity index (χ4v) is 2.41. The molecule has 4 aromatic rings. The van der Waals surface area contributed by atoms with Crippen LogP contribution in [0.15, 0.2) is 73.1 Å². The van der Waals surface area contributed by atoms with Gasteiger partial charge in [0.05, 0.1) is 11.4 Å². The lowest BCUT2D eigenvalue weighted by Gasteiger charge is -2.04. The maximum absolute atomic E-state index is 4.69. The van der Waals surface area contributed by atoms with Gasteiger partial charge >= 0.3 is 0 Å². The van der Waals surface area contributed by atoms with Crippen molar-refractivity contribution in [1.29, 1.82) is 0 Å². The van der Waals surface area contributed by atoms with Gasteiger partial charge in [-0.15, -0.1) is 0 Å². The zero-order valence-corrected chi connectivity index (χ0v) is 11.3. The number of aromatic nitrogens is 3. The van der Waals surface area contributed by atoms with E-state index in [-0.39, 0.29) is 0 Å². The molecule has 0 saturated carbocycles. The van der Waals surface area contributed by atoms with E-state index in [2.05, 4.69) is 34.2 Å². The molecule has 0 unspecified atom stereocenters. The van der Waals surface area contributed by atoms with E-state index in [0.29, 0.717) is 0 Å². The molecule has 21 heavy (non-hydrogen) atoms. The predicted octanol–water partition coefficient (Wildman–Crippen LogP) is 4.29. The standard InChI is InChI=1S/C18H13N3/c1-2-4-13(5-3-1)16-8-6-14-7-9-17(21-18(14)20-16)15-10-11-19-12-15/h1-12,19H. The molecule has 3 heterocycles. The van der Waals surface area contributed by atoms with E-state index in [0.717, 1.165) is 33.5 Å². The summed E-state index contributed by atoms with van der Waals surface area (Å²) in [5.74, 6) is 0. The highest BCUT2D eigenvalue weighted by atomic mass is 14.9. The molecule has 100 valence electrons. The minimum Gasteiger partial charge on any atom is -0.367 e. The van der Waals surface area contributed by atoms with Gasteiger partial charge in [0, 0.05) is 28.9 Å². The molecule has 0 aliphatic heterocycles.